The Bertz CT molecular complexity index is 154. The molecular weight excluding hydrogens is 244 g/mol. The summed E-state index contributed by atoms with van der Waals surface area (Å²) >= 11 is 7.19. The summed E-state index contributed by atoms with van der Waals surface area (Å²) in [6, 6.07) is 0. The summed E-state index contributed by atoms with van der Waals surface area (Å²) in [5.41, 5.74) is 0. The van der Waals surface area contributed by atoms with E-state index in [0.717, 1.165) is 11.8 Å². The third-order valence-electron chi connectivity index (χ3n) is 2.38. The van der Waals surface area contributed by atoms with Gasteiger partial charge in [-0.25, -0.2) is 0 Å². The molecule has 2 aliphatic carbocycles. The van der Waals surface area contributed by atoms with Crippen molar-refractivity contribution in [1.29, 1.82) is 0 Å². The first kappa shape index (κ1) is 6.41. The van der Waals surface area contributed by atoms with Crippen molar-refractivity contribution in [3.63, 3.8) is 0 Å². The highest BCUT2D eigenvalue weighted by atomic mass is 79.9. The van der Waals surface area contributed by atoms with E-state index in [1.54, 1.807) is 0 Å². The summed E-state index contributed by atoms with van der Waals surface area (Å²) < 4.78 is 2.89. The molecule has 0 N–H and O–H groups in total. The van der Waals surface area contributed by atoms with Gasteiger partial charge < -0.3 is 0 Å². The van der Waals surface area contributed by atoms with Crippen LogP contribution in [0.5, 0.6) is 0 Å². The highest BCUT2D eigenvalue weighted by molar-refractivity contribution is 9.14. The first-order valence-electron chi connectivity index (χ1n) is 3.34. The fourth-order valence-electron chi connectivity index (χ4n) is 1.83. The zero-order valence-corrected chi connectivity index (χ0v) is 8.20. The van der Waals surface area contributed by atoms with Gasteiger partial charge in [0.25, 0.3) is 0 Å². The number of fused-ring (bicyclic) bond motifs is 2. The lowest BCUT2D eigenvalue weighted by Gasteiger charge is -2.08. The molecule has 50 valence electrons. The Hall–Kier alpha value is 0.700. The summed E-state index contributed by atoms with van der Waals surface area (Å²) in [7, 11) is 0. The maximum Gasteiger partial charge on any atom is 0.00858 e. The second kappa shape index (κ2) is 2.09. The molecule has 2 aliphatic rings. The van der Waals surface area contributed by atoms with Crippen molar-refractivity contribution in [2.75, 3.05) is 0 Å². The molecule has 0 aromatic carbocycles. The molecule has 0 radical (unpaired) electrons. The molecule has 2 heteroatoms. The Labute approximate surface area is 72.0 Å². The second-order valence-corrected chi connectivity index (χ2v) is 4.61. The van der Waals surface area contributed by atoms with Crippen LogP contribution in [-0.2, 0) is 0 Å². The molecule has 2 unspecified atom stereocenters. The van der Waals surface area contributed by atoms with Gasteiger partial charge >= 0.3 is 0 Å². The zero-order valence-electron chi connectivity index (χ0n) is 5.03. The molecule has 0 amide bonds. The minimum absolute atomic E-state index is 0.865. The molecule has 2 rings (SSSR count). The molecule has 2 bridgehead atoms. The van der Waals surface area contributed by atoms with Gasteiger partial charge in [-0.3, -0.25) is 0 Å². The number of allylic oxidation sites excluding steroid dienone is 2. The van der Waals surface area contributed by atoms with Crippen LogP contribution in [-0.4, -0.2) is 0 Å². The van der Waals surface area contributed by atoms with Gasteiger partial charge in [-0.15, -0.1) is 0 Å². The summed E-state index contributed by atoms with van der Waals surface area (Å²) in [6.07, 6.45) is 4.20. The van der Waals surface area contributed by atoms with Crippen molar-refractivity contribution in [3.05, 3.63) is 8.96 Å². The molecule has 0 aromatic rings. The summed E-state index contributed by atoms with van der Waals surface area (Å²) in [5, 5.41) is 0. The first-order valence-corrected chi connectivity index (χ1v) is 4.92. The lowest BCUT2D eigenvalue weighted by molar-refractivity contribution is 0.686. The van der Waals surface area contributed by atoms with Gasteiger partial charge in [-0.05, 0) is 31.1 Å². The number of halogens is 2. The quantitative estimate of drug-likeness (QED) is 0.619. The monoisotopic (exact) mass is 250 g/mol. The van der Waals surface area contributed by atoms with E-state index in [4.69, 9.17) is 0 Å². The third kappa shape index (κ3) is 0.829. The Balaban J connectivity index is 2.36. The lowest BCUT2D eigenvalue weighted by atomic mass is 10.1. The largest absolute Gasteiger partial charge is 0.0545 e. The van der Waals surface area contributed by atoms with E-state index in [1.807, 2.05) is 0 Å². The Kier molecular flexibility index (Phi) is 1.49. The van der Waals surface area contributed by atoms with E-state index in [0.29, 0.717) is 0 Å². The SMILES string of the molecule is BrC1=C(Br)C2CCC1C2. The molecule has 0 saturated heterocycles. The molecule has 0 aromatic heterocycles. The van der Waals surface area contributed by atoms with E-state index in [9.17, 15) is 0 Å². The smallest absolute Gasteiger partial charge is 0.00858 e. The predicted octanol–water partition coefficient (Wildman–Crippen LogP) is 3.42. The van der Waals surface area contributed by atoms with E-state index in [2.05, 4.69) is 31.9 Å². The first-order chi connectivity index (χ1) is 4.29. The fourth-order valence-corrected chi connectivity index (χ4v) is 3.31. The number of rotatable bonds is 0. The van der Waals surface area contributed by atoms with Crippen LogP contribution in [0.1, 0.15) is 19.3 Å². The average molecular weight is 252 g/mol. The van der Waals surface area contributed by atoms with Gasteiger partial charge in [0.2, 0.25) is 0 Å². The van der Waals surface area contributed by atoms with Crippen molar-refractivity contribution in [3.8, 4) is 0 Å². The van der Waals surface area contributed by atoms with Crippen LogP contribution in [0.3, 0.4) is 0 Å². The van der Waals surface area contributed by atoms with Crippen LogP contribution in [0.2, 0.25) is 0 Å². The van der Waals surface area contributed by atoms with Crippen LogP contribution in [0.25, 0.3) is 0 Å². The van der Waals surface area contributed by atoms with E-state index in [-0.39, 0.29) is 0 Å². The van der Waals surface area contributed by atoms with E-state index >= 15 is 0 Å². The summed E-state index contributed by atoms with van der Waals surface area (Å²) in [5.74, 6) is 1.73. The van der Waals surface area contributed by atoms with Crippen molar-refractivity contribution in [2.24, 2.45) is 11.8 Å². The maximum atomic E-state index is 3.59. The molecular formula is C7H8Br2. The molecule has 9 heavy (non-hydrogen) atoms. The van der Waals surface area contributed by atoms with Crippen molar-refractivity contribution in [2.45, 2.75) is 19.3 Å². The normalized spacial score (nSPS) is 40.7. The Morgan fingerprint density at radius 3 is 1.67 bits per heavy atom. The molecule has 1 fully saturated rings. The lowest BCUT2D eigenvalue weighted by Crippen LogP contribution is -1.92. The zero-order chi connectivity index (χ0) is 6.43. The Morgan fingerprint density at radius 1 is 1.00 bits per heavy atom. The molecule has 0 heterocycles. The van der Waals surface area contributed by atoms with Gasteiger partial charge in [-0.1, -0.05) is 31.9 Å². The maximum absolute atomic E-state index is 3.59. The highest BCUT2D eigenvalue weighted by Crippen LogP contribution is 2.52. The molecule has 0 nitrogen and oxygen atoms in total. The average Bonchev–Trinajstić information content (AvgIpc) is 2.37. The van der Waals surface area contributed by atoms with Crippen LogP contribution < -0.4 is 0 Å². The van der Waals surface area contributed by atoms with Crippen LogP contribution >= 0.6 is 31.9 Å². The highest BCUT2D eigenvalue weighted by Gasteiger charge is 2.36. The van der Waals surface area contributed by atoms with Crippen LogP contribution in [0.4, 0.5) is 0 Å². The number of hydrogen-bond donors (Lipinski definition) is 0. The summed E-state index contributed by atoms with van der Waals surface area (Å²) in [6.45, 7) is 0. The van der Waals surface area contributed by atoms with Crippen molar-refractivity contribution < 1.29 is 0 Å². The minimum Gasteiger partial charge on any atom is -0.0545 e. The van der Waals surface area contributed by atoms with E-state index < -0.39 is 0 Å². The van der Waals surface area contributed by atoms with Crippen molar-refractivity contribution in [1.82, 2.24) is 0 Å². The second-order valence-electron chi connectivity index (χ2n) is 2.90. The minimum atomic E-state index is 0.865. The molecule has 0 aliphatic heterocycles. The molecule has 1 saturated carbocycles. The van der Waals surface area contributed by atoms with E-state index in [1.165, 1.54) is 28.2 Å². The predicted molar refractivity (Wildman–Crippen MR) is 45.7 cm³/mol. The van der Waals surface area contributed by atoms with Crippen LogP contribution in [0.15, 0.2) is 8.96 Å². The Morgan fingerprint density at radius 2 is 1.44 bits per heavy atom. The topological polar surface area (TPSA) is 0 Å². The van der Waals surface area contributed by atoms with Gasteiger partial charge in [-0.2, -0.15) is 0 Å². The third-order valence-corrected chi connectivity index (χ3v) is 5.06. The van der Waals surface area contributed by atoms with Gasteiger partial charge in [0, 0.05) is 8.96 Å². The summed E-state index contributed by atoms with van der Waals surface area (Å²) in [4.78, 5) is 0. The fraction of sp³-hybridized carbons (Fsp3) is 0.714. The standard InChI is InChI=1S/C7H8Br2/c8-6-4-1-2-5(3-4)7(6)9/h4-5H,1-3H2. The van der Waals surface area contributed by atoms with Gasteiger partial charge in [0.15, 0.2) is 0 Å². The molecule has 2 atom stereocenters. The van der Waals surface area contributed by atoms with Gasteiger partial charge in [0.1, 0.15) is 0 Å². The van der Waals surface area contributed by atoms with Crippen molar-refractivity contribution >= 4 is 31.9 Å². The molecule has 0 spiro atoms. The number of hydrogen-bond acceptors (Lipinski definition) is 0. The van der Waals surface area contributed by atoms with Gasteiger partial charge in [0.05, 0.1) is 0 Å². The van der Waals surface area contributed by atoms with Crippen LogP contribution in [0, 0.1) is 11.8 Å².